The number of rotatable bonds is 9. The van der Waals surface area contributed by atoms with Crippen molar-refractivity contribution in [1.29, 1.82) is 0 Å². The van der Waals surface area contributed by atoms with Gasteiger partial charge in [-0.15, -0.1) is 0 Å². The fraction of sp³-hybridized carbons (Fsp3) is 0.577. The quantitative estimate of drug-likeness (QED) is 0.0442. The Morgan fingerprint density at radius 2 is 1.58 bits per heavy atom. The van der Waals surface area contributed by atoms with Gasteiger partial charge >= 0.3 is 0 Å². The Bertz CT molecular complexity index is 3020. The average Bonchev–Trinajstić information content (AvgIpc) is 2.97. The standard InChI is InChI=1S/C71H91N3O7S2/c1-2-43-28-50-34-64(78)66(81-67-35-51(30-53-20-13-26-73-53)54-23-27-74-70(72)61(54)42-83-82-41-52(39-75)69(67)80)37-56(50)58-36-65(79)68-48(32-55(43)58)22-25-71(24-12-11-21-63(68)77)38-60(45-16-7-4-8-17-45)57-31-47-19-10-9-18-46(47)29-49(33-59(57)62(71)40-76)44-14-5-3-6-15-44/h4,7-10,13,16-20,23,26,32,34,37,43-44,48-49,51-52,57-60,62-63,65,67-69,73-80H,2-3,5-6,11-12,14-15,21,24,27-31,33,35-36,38-42,72H2,1H3. The Kier molecular flexibility index (Phi) is 18.5. The highest BCUT2D eigenvalue weighted by molar-refractivity contribution is 8.76. The van der Waals surface area contributed by atoms with Crippen molar-refractivity contribution in [2.75, 3.05) is 31.3 Å². The molecule has 16 atom stereocenters. The van der Waals surface area contributed by atoms with Gasteiger partial charge in [0, 0.05) is 83.7 Å². The molecule has 0 radical (unpaired) electrons. The second-order valence-corrected chi connectivity index (χ2v) is 29.0. The first-order valence-corrected chi connectivity index (χ1v) is 34.5. The number of allylic oxidation sites excluding steroid dienone is 3. The minimum absolute atomic E-state index is 0.000266. The normalized spacial score (nSPS) is 35.2. The maximum atomic E-state index is 12.9. The van der Waals surface area contributed by atoms with Crippen molar-refractivity contribution in [3.8, 4) is 23.3 Å². The second kappa shape index (κ2) is 26.2. The number of ether oxygens (including phenoxy) is 1. The molecular weight excluding hydrogens is 1070 g/mol. The summed E-state index contributed by atoms with van der Waals surface area (Å²) in [4.78, 5) is 3.40. The van der Waals surface area contributed by atoms with Crippen LogP contribution in [0.5, 0.6) is 11.5 Å². The SMILES string of the molecule is CCC1Cc2cc(O)c(OC3CC(Cc4ccc[nH]4)C4=CCNC(N)=C4CSSCC(CO)C3O)cc2C2CC(O)C3C(C#CC4(CCCCC3O)CC(c3ccccc3)C3Cc5ccccc5CC(C5CCCCC5)CC3C4CO)C=C12. The molecule has 12 rings (SSSR count). The molecule has 4 aromatic rings. The summed E-state index contributed by atoms with van der Waals surface area (Å²) in [6, 6.07) is 28.4. The zero-order chi connectivity index (χ0) is 57.2. The summed E-state index contributed by atoms with van der Waals surface area (Å²) in [5.74, 6) is 10.7. The third kappa shape index (κ3) is 12.3. The molecule has 2 aliphatic heterocycles. The number of phenols is 1. The number of dihydropyridines is 1. The van der Waals surface area contributed by atoms with E-state index in [4.69, 9.17) is 10.5 Å². The lowest BCUT2D eigenvalue weighted by Gasteiger charge is -2.55. The first kappa shape index (κ1) is 58.8. The number of H-pyrrole nitrogens is 1. The minimum atomic E-state index is -1.06. The highest BCUT2D eigenvalue weighted by Gasteiger charge is 2.54. The fourth-order valence-electron chi connectivity index (χ4n) is 17.7. The Labute approximate surface area is 501 Å². The molecule has 10 N–H and O–H groups in total. The van der Waals surface area contributed by atoms with Gasteiger partial charge in [0.2, 0.25) is 0 Å². The molecule has 3 heterocycles. The Balaban J connectivity index is 0.923. The number of nitrogens with two attached hydrogens (primary N) is 1. The molecule has 2 saturated carbocycles. The van der Waals surface area contributed by atoms with E-state index in [1.165, 1.54) is 54.4 Å². The van der Waals surface area contributed by atoms with Gasteiger partial charge in [0.1, 0.15) is 11.9 Å². The van der Waals surface area contributed by atoms with E-state index in [1.807, 2.05) is 24.4 Å². The molecular formula is C71H91N3O7S2. The van der Waals surface area contributed by atoms with Gasteiger partial charge in [-0.1, -0.05) is 158 Å². The molecule has 16 unspecified atom stereocenters. The Hall–Kier alpha value is -4.58. The van der Waals surface area contributed by atoms with Crippen molar-refractivity contribution in [3.63, 3.8) is 0 Å². The molecule has 444 valence electrons. The lowest BCUT2D eigenvalue weighted by molar-refractivity contribution is -0.0364. The average molecular weight is 1160 g/mol. The number of aromatic hydroxyl groups is 1. The highest BCUT2D eigenvalue weighted by Crippen LogP contribution is 2.60. The van der Waals surface area contributed by atoms with Crippen molar-refractivity contribution in [1.82, 2.24) is 10.3 Å². The molecule has 83 heavy (non-hydrogen) atoms. The van der Waals surface area contributed by atoms with E-state index in [0.717, 1.165) is 79.3 Å². The summed E-state index contributed by atoms with van der Waals surface area (Å²) in [7, 11) is 3.28. The van der Waals surface area contributed by atoms with Crippen LogP contribution in [0.2, 0.25) is 0 Å². The summed E-state index contributed by atoms with van der Waals surface area (Å²) < 4.78 is 7.03. The molecule has 12 heteroatoms. The molecule has 0 amide bonds. The van der Waals surface area contributed by atoms with Gasteiger partial charge in [-0.3, -0.25) is 0 Å². The van der Waals surface area contributed by atoms with Crippen molar-refractivity contribution < 1.29 is 35.4 Å². The number of aliphatic hydroxyl groups excluding tert-OH is 5. The van der Waals surface area contributed by atoms with Gasteiger partial charge in [0.25, 0.3) is 0 Å². The van der Waals surface area contributed by atoms with E-state index < -0.39 is 47.6 Å². The first-order chi connectivity index (χ1) is 40.5. The van der Waals surface area contributed by atoms with Gasteiger partial charge < -0.3 is 51.4 Å². The van der Waals surface area contributed by atoms with Crippen LogP contribution in [0.1, 0.15) is 142 Å². The van der Waals surface area contributed by atoms with E-state index >= 15 is 0 Å². The van der Waals surface area contributed by atoms with Crippen molar-refractivity contribution in [2.45, 2.75) is 159 Å². The van der Waals surface area contributed by atoms with Crippen LogP contribution in [0.25, 0.3) is 0 Å². The van der Waals surface area contributed by atoms with Gasteiger partial charge in [-0.25, -0.2) is 0 Å². The van der Waals surface area contributed by atoms with Crippen LogP contribution in [0.3, 0.4) is 0 Å². The van der Waals surface area contributed by atoms with Crippen LogP contribution in [-0.2, 0) is 25.7 Å². The summed E-state index contributed by atoms with van der Waals surface area (Å²) in [5, 5.41) is 76.1. The predicted octanol–water partition coefficient (Wildman–Crippen LogP) is 11.7. The number of aromatic nitrogens is 1. The molecule has 0 bridgehead atoms. The number of fused-ring (bicyclic) bond motifs is 7. The highest BCUT2D eigenvalue weighted by atomic mass is 33.1. The molecule has 1 aromatic heterocycles. The van der Waals surface area contributed by atoms with Crippen LogP contribution in [0.15, 0.2) is 120 Å². The first-order valence-electron chi connectivity index (χ1n) is 32.0. The largest absolute Gasteiger partial charge is 0.504 e. The lowest BCUT2D eigenvalue weighted by atomic mass is 9.49. The van der Waals surface area contributed by atoms with Crippen molar-refractivity contribution in [2.24, 2.45) is 70.3 Å². The number of phenolic OH excluding ortho intramolecular Hbond substituents is 1. The number of aromatic amines is 1. The van der Waals surface area contributed by atoms with E-state index in [0.29, 0.717) is 73.7 Å². The lowest BCUT2D eigenvalue weighted by Crippen LogP contribution is -2.50. The third-order valence-electron chi connectivity index (χ3n) is 22.0. The van der Waals surface area contributed by atoms with E-state index in [1.54, 1.807) is 21.6 Å². The topological polar surface area (TPSA) is 184 Å². The maximum absolute atomic E-state index is 12.9. The summed E-state index contributed by atoms with van der Waals surface area (Å²) in [6.07, 6.45) is 19.7. The molecule has 3 aromatic carbocycles. The Morgan fingerprint density at radius 1 is 0.783 bits per heavy atom. The minimum Gasteiger partial charge on any atom is -0.504 e. The number of hydrogen-bond donors (Lipinski definition) is 9. The van der Waals surface area contributed by atoms with Crippen molar-refractivity contribution >= 4 is 21.6 Å². The molecule has 1 spiro atoms. The number of nitrogens with one attached hydrogen (secondary N) is 2. The molecule has 6 aliphatic carbocycles. The monoisotopic (exact) mass is 1160 g/mol. The number of benzene rings is 3. The Morgan fingerprint density at radius 3 is 2.35 bits per heavy atom. The van der Waals surface area contributed by atoms with E-state index in [9.17, 15) is 30.6 Å². The van der Waals surface area contributed by atoms with E-state index in [2.05, 4.69) is 102 Å². The fourth-order valence-corrected chi connectivity index (χ4v) is 20.2. The second-order valence-electron chi connectivity index (χ2n) is 26.5. The van der Waals surface area contributed by atoms with E-state index in [-0.39, 0.29) is 60.2 Å². The zero-order valence-electron chi connectivity index (χ0n) is 48.7. The van der Waals surface area contributed by atoms with Gasteiger partial charge in [-0.2, -0.15) is 0 Å². The summed E-state index contributed by atoms with van der Waals surface area (Å²) in [6.45, 7) is 2.68. The molecule has 8 aliphatic rings. The summed E-state index contributed by atoms with van der Waals surface area (Å²) >= 11 is 0. The third-order valence-corrected chi connectivity index (χ3v) is 24.4. The summed E-state index contributed by atoms with van der Waals surface area (Å²) in [5.41, 5.74) is 17.0. The molecule has 1 saturated heterocycles. The maximum Gasteiger partial charge on any atom is 0.161 e. The van der Waals surface area contributed by atoms with Gasteiger partial charge in [0.05, 0.1) is 18.3 Å². The van der Waals surface area contributed by atoms with Crippen LogP contribution in [-0.4, -0.2) is 91.3 Å². The van der Waals surface area contributed by atoms with Crippen LogP contribution in [0, 0.1) is 76.4 Å². The predicted molar refractivity (Wildman–Crippen MR) is 334 cm³/mol. The number of hydrogen-bond acceptors (Lipinski definition) is 11. The van der Waals surface area contributed by atoms with Crippen molar-refractivity contribution in [3.05, 3.63) is 153 Å². The van der Waals surface area contributed by atoms with Crippen LogP contribution < -0.4 is 15.8 Å². The smallest absolute Gasteiger partial charge is 0.161 e. The molecule has 3 fully saturated rings. The molecule has 10 nitrogen and oxygen atoms in total. The van der Waals surface area contributed by atoms with Gasteiger partial charge in [-0.05, 0) is 170 Å². The van der Waals surface area contributed by atoms with Gasteiger partial charge in [0.15, 0.2) is 11.5 Å². The van der Waals surface area contributed by atoms with Crippen LogP contribution >= 0.6 is 21.6 Å². The van der Waals surface area contributed by atoms with Crippen LogP contribution in [0.4, 0.5) is 0 Å². The number of aliphatic hydroxyl groups is 5. The zero-order valence-corrected chi connectivity index (χ0v) is 50.4.